The van der Waals surface area contributed by atoms with E-state index < -0.39 is 0 Å². The van der Waals surface area contributed by atoms with Crippen LogP contribution in [0.25, 0.3) is 0 Å². The second kappa shape index (κ2) is 12.0. The molecule has 2 rings (SSSR count). The van der Waals surface area contributed by atoms with E-state index in [0.29, 0.717) is 6.61 Å². The highest BCUT2D eigenvalue weighted by Gasteiger charge is 2.13. The Balaban J connectivity index is 1.98. The lowest BCUT2D eigenvalue weighted by Crippen LogP contribution is -2.27. The van der Waals surface area contributed by atoms with Gasteiger partial charge in [-0.05, 0) is 50.3 Å². The zero-order valence-corrected chi connectivity index (χ0v) is 18.2. The fourth-order valence-electron chi connectivity index (χ4n) is 2.99. The van der Waals surface area contributed by atoms with Crippen molar-refractivity contribution in [2.24, 2.45) is 0 Å². The summed E-state index contributed by atoms with van der Waals surface area (Å²) in [4.78, 5) is 2.44. The van der Waals surface area contributed by atoms with Crippen molar-refractivity contribution in [1.29, 1.82) is 0 Å². The Morgan fingerprint density at radius 1 is 1.07 bits per heavy atom. The van der Waals surface area contributed by atoms with Gasteiger partial charge in [0.25, 0.3) is 0 Å². The molecule has 148 valence electrons. The van der Waals surface area contributed by atoms with Gasteiger partial charge in [-0.15, -0.1) is 0 Å². The molecule has 5 heteroatoms. The molecule has 0 atom stereocenters. The van der Waals surface area contributed by atoms with Gasteiger partial charge < -0.3 is 19.7 Å². The van der Waals surface area contributed by atoms with Crippen LogP contribution in [0.4, 0.5) is 0 Å². The van der Waals surface area contributed by atoms with Gasteiger partial charge in [0.15, 0.2) is 11.5 Å². The number of halogens is 1. The monoisotopic (exact) mass is 434 g/mol. The first-order valence-corrected chi connectivity index (χ1v) is 10.4. The van der Waals surface area contributed by atoms with Gasteiger partial charge in [0, 0.05) is 16.6 Å². The summed E-state index contributed by atoms with van der Waals surface area (Å²) in [7, 11) is 1.68. The third kappa shape index (κ3) is 7.17. The van der Waals surface area contributed by atoms with Crippen molar-refractivity contribution in [2.45, 2.75) is 33.4 Å². The smallest absolute Gasteiger partial charge is 0.166 e. The zero-order valence-electron chi connectivity index (χ0n) is 16.6. The molecule has 1 N–H and O–H groups in total. The molecule has 2 aromatic carbocycles. The first-order valence-electron chi connectivity index (χ1n) is 9.64. The van der Waals surface area contributed by atoms with Crippen molar-refractivity contribution in [1.82, 2.24) is 10.2 Å². The molecule has 0 heterocycles. The van der Waals surface area contributed by atoms with Crippen molar-refractivity contribution >= 4 is 15.9 Å². The van der Waals surface area contributed by atoms with Gasteiger partial charge in [-0.3, -0.25) is 0 Å². The molecule has 0 bridgehead atoms. The van der Waals surface area contributed by atoms with E-state index in [9.17, 15) is 0 Å². The highest BCUT2D eigenvalue weighted by molar-refractivity contribution is 9.10. The Labute approximate surface area is 172 Å². The number of benzene rings is 2. The van der Waals surface area contributed by atoms with Crippen LogP contribution in [0.15, 0.2) is 46.9 Å². The quantitative estimate of drug-likeness (QED) is 0.483. The van der Waals surface area contributed by atoms with Crippen LogP contribution in [0, 0.1) is 0 Å². The van der Waals surface area contributed by atoms with Gasteiger partial charge in [0.05, 0.1) is 7.11 Å². The highest BCUT2D eigenvalue weighted by Crippen LogP contribution is 2.35. The van der Waals surface area contributed by atoms with E-state index in [0.717, 1.165) is 66.2 Å². The van der Waals surface area contributed by atoms with Crippen molar-refractivity contribution in [3.63, 3.8) is 0 Å². The molecule has 0 unspecified atom stereocenters. The average molecular weight is 435 g/mol. The molecular formula is C22H31BrN2O2. The maximum absolute atomic E-state index is 6.14. The van der Waals surface area contributed by atoms with E-state index in [2.05, 4.69) is 58.2 Å². The average Bonchev–Trinajstić information content (AvgIpc) is 2.70. The molecule has 0 aliphatic heterocycles. The fraction of sp³-hybridized carbons (Fsp3) is 0.455. The largest absolute Gasteiger partial charge is 0.493 e. The molecule has 0 amide bonds. The standard InChI is InChI=1S/C22H31BrN2O2/c1-4-25(5-2)13-9-12-24-16-19-14-20(23)15-21(26-3)22(19)27-17-18-10-7-6-8-11-18/h6-8,10-11,14-15,24H,4-5,9,12-13,16-17H2,1-3H3. The minimum Gasteiger partial charge on any atom is -0.493 e. The van der Waals surface area contributed by atoms with Crippen LogP contribution in [0.3, 0.4) is 0 Å². The normalized spacial score (nSPS) is 11.0. The van der Waals surface area contributed by atoms with Gasteiger partial charge in [-0.1, -0.05) is 60.1 Å². The topological polar surface area (TPSA) is 33.7 Å². The maximum atomic E-state index is 6.14. The van der Waals surface area contributed by atoms with Crippen LogP contribution in [-0.2, 0) is 13.2 Å². The first-order chi connectivity index (χ1) is 13.2. The van der Waals surface area contributed by atoms with Gasteiger partial charge in [0.1, 0.15) is 6.61 Å². The summed E-state index contributed by atoms with van der Waals surface area (Å²) in [6, 6.07) is 14.2. The van der Waals surface area contributed by atoms with Crippen LogP contribution in [0.1, 0.15) is 31.4 Å². The molecule has 0 spiro atoms. The van der Waals surface area contributed by atoms with Crippen molar-refractivity contribution in [3.8, 4) is 11.5 Å². The Morgan fingerprint density at radius 3 is 2.48 bits per heavy atom. The number of rotatable bonds is 12. The molecule has 0 aliphatic rings. The summed E-state index contributed by atoms with van der Waals surface area (Å²) in [6.45, 7) is 10.0. The van der Waals surface area contributed by atoms with Gasteiger partial charge in [0.2, 0.25) is 0 Å². The molecular weight excluding hydrogens is 404 g/mol. The Kier molecular flexibility index (Phi) is 9.67. The number of hydrogen-bond acceptors (Lipinski definition) is 4. The molecule has 0 fully saturated rings. The summed E-state index contributed by atoms with van der Waals surface area (Å²) in [5.74, 6) is 1.56. The summed E-state index contributed by atoms with van der Waals surface area (Å²) in [5, 5.41) is 3.54. The van der Waals surface area contributed by atoms with Gasteiger partial charge in [-0.2, -0.15) is 0 Å². The van der Waals surface area contributed by atoms with E-state index in [1.54, 1.807) is 7.11 Å². The Bertz CT molecular complexity index is 676. The summed E-state index contributed by atoms with van der Waals surface area (Å²) >= 11 is 3.57. The molecule has 2 aromatic rings. The number of nitrogens with zero attached hydrogens (tertiary/aromatic N) is 1. The summed E-state index contributed by atoms with van der Waals surface area (Å²) < 4.78 is 12.7. The lowest BCUT2D eigenvalue weighted by molar-refractivity contribution is 0.279. The first kappa shape index (κ1) is 21.7. The molecule has 0 saturated heterocycles. The fourth-order valence-corrected chi connectivity index (χ4v) is 3.47. The van der Waals surface area contributed by atoms with Crippen LogP contribution in [0.2, 0.25) is 0 Å². The number of hydrogen-bond donors (Lipinski definition) is 1. The Morgan fingerprint density at radius 2 is 1.81 bits per heavy atom. The van der Waals surface area contributed by atoms with Crippen LogP contribution < -0.4 is 14.8 Å². The van der Waals surface area contributed by atoms with E-state index in [-0.39, 0.29) is 0 Å². The zero-order chi connectivity index (χ0) is 19.5. The highest BCUT2D eigenvalue weighted by atomic mass is 79.9. The van der Waals surface area contributed by atoms with E-state index in [4.69, 9.17) is 9.47 Å². The maximum Gasteiger partial charge on any atom is 0.166 e. The molecule has 0 aliphatic carbocycles. The van der Waals surface area contributed by atoms with Crippen LogP contribution >= 0.6 is 15.9 Å². The molecule has 27 heavy (non-hydrogen) atoms. The summed E-state index contributed by atoms with van der Waals surface area (Å²) in [5.41, 5.74) is 2.24. The lowest BCUT2D eigenvalue weighted by Gasteiger charge is -2.19. The minimum absolute atomic E-state index is 0.522. The lowest BCUT2D eigenvalue weighted by atomic mass is 10.1. The van der Waals surface area contributed by atoms with E-state index in [1.807, 2.05) is 24.3 Å². The number of nitrogens with one attached hydrogen (secondary N) is 1. The second-order valence-electron chi connectivity index (χ2n) is 6.43. The second-order valence-corrected chi connectivity index (χ2v) is 7.34. The number of ether oxygens (including phenoxy) is 2. The SMILES string of the molecule is CCN(CC)CCCNCc1cc(Br)cc(OC)c1OCc1ccccc1. The number of methoxy groups -OCH3 is 1. The van der Waals surface area contributed by atoms with Crippen molar-refractivity contribution in [2.75, 3.05) is 33.3 Å². The molecule has 4 nitrogen and oxygen atoms in total. The molecule has 0 radical (unpaired) electrons. The Hall–Kier alpha value is -1.56. The third-order valence-corrected chi connectivity index (χ3v) is 5.04. The van der Waals surface area contributed by atoms with E-state index >= 15 is 0 Å². The minimum atomic E-state index is 0.522. The van der Waals surface area contributed by atoms with Crippen LogP contribution in [-0.4, -0.2) is 38.2 Å². The van der Waals surface area contributed by atoms with Crippen LogP contribution in [0.5, 0.6) is 11.5 Å². The van der Waals surface area contributed by atoms with Gasteiger partial charge >= 0.3 is 0 Å². The predicted octanol–water partition coefficient (Wildman–Crippen LogP) is 4.86. The van der Waals surface area contributed by atoms with Crippen molar-refractivity contribution in [3.05, 3.63) is 58.1 Å². The predicted molar refractivity (Wildman–Crippen MR) is 116 cm³/mol. The molecule has 0 aromatic heterocycles. The summed E-state index contributed by atoms with van der Waals surface area (Å²) in [6.07, 6.45) is 1.13. The van der Waals surface area contributed by atoms with Gasteiger partial charge in [-0.25, -0.2) is 0 Å². The molecule has 0 saturated carbocycles. The van der Waals surface area contributed by atoms with Crippen molar-refractivity contribution < 1.29 is 9.47 Å². The van der Waals surface area contributed by atoms with E-state index in [1.165, 1.54) is 0 Å². The third-order valence-electron chi connectivity index (χ3n) is 4.58.